The molecule has 2 heterocycles. The van der Waals surface area contributed by atoms with Gasteiger partial charge in [0.25, 0.3) is 5.91 Å². The van der Waals surface area contributed by atoms with Gasteiger partial charge in [0.2, 0.25) is 5.43 Å². The van der Waals surface area contributed by atoms with Gasteiger partial charge in [0.05, 0.1) is 11.1 Å². The Hall–Kier alpha value is -2.00. The maximum atomic E-state index is 12.5. The van der Waals surface area contributed by atoms with E-state index in [0.717, 1.165) is 5.69 Å². The Balaban J connectivity index is 2.64. The monoisotopic (exact) mass is 383 g/mol. The predicted octanol–water partition coefficient (Wildman–Crippen LogP) is 0.965. The zero-order chi connectivity index (χ0) is 16.4. The lowest BCUT2D eigenvalue weighted by Crippen LogP contribution is -2.45. The molecule has 0 aliphatic heterocycles. The van der Waals surface area contributed by atoms with Gasteiger partial charge in [0.15, 0.2) is 5.11 Å². The van der Waals surface area contributed by atoms with Crippen molar-refractivity contribution in [2.24, 2.45) is 5.73 Å². The molecule has 0 aliphatic carbocycles. The van der Waals surface area contributed by atoms with E-state index in [0.29, 0.717) is 22.1 Å². The highest BCUT2D eigenvalue weighted by atomic mass is 79.9. The Labute approximate surface area is 140 Å². The number of nitrogens with zero attached hydrogens (tertiary/aromatic N) is 2. The molecule has 1 amide bonds. The summed E-state index contributed by atoms with van der Waals surface area (Å²) in [6.45, 7) is 4.30. The number of aryl methyl sites for hydroxylation is 2. The third-order valence-electron chi connectivity index (χ3n) is 3.06. The molecule has 0 spiro atoms. The molecule has 0 bridgehead atoms. The maximum absolute atomic E-state index is 12.5. The fourth-order valence-corrected chi connectivity index (χ4v) is 2.33. The van der Waals surface area contributed by atoms with E-state index in [1.807, 2.05) is 13.8 Å². The molecule has 0 radical (unpaired) electrons. The smallest absolute Gasteiger partial charge is 0.275 e. The molecule has 4 N–H and O–H groups in total. The summed E-state index contributed by atoms with van der Waals surface area (Å²) in [5.41, 5.74) is 10.7. The Bertz CT molecular complexity index is 833. The van der Waals surface area contributed by atoms with E-state index in [1.54, 1.807) is 10.6 Å². The molecule has 0 fully saturated rings. The van der Waals surface area contributed by atoms with Gasteiger partial charge in [-0.1, -0.05) is 0 Å². The number of carbonyl (C=O) groups is 1. The predicted molar refractivity (Wildman–Crippen MR) is 91.5 cm³/mol. The molecular formula is C13H14BrN5O2S. The van der Waals surface area contributed by atoms with Crippen LogP contribution in [-0.2, 0) is 6.54 Å². The molecule has 0 unspecified atom stereocenters. The summed E-state index contributed by atoms with van der Waals surface area (Å²) in [6.07, 6.45) is 1.47. The fraction of sp³-hybridized carbons (Fsp3) is 0.231. The SMILES string of the molecule is CCn1cc(C(=O)NNC(N)=S)c(=O)c2cc(Br)c(C)nc21. The van der Waals surface area contributed by atoms with Crippen LogP contribution < -0.4 is 22.0 Å². The number of hydrogen-bond donors (Lipinski definition) is 3. The van der Waals surface area contributed by atoms with Crippen LogP contribution in [0.5, 0.6) is 0 Å². The standard InChI is InChI=1S/C13H14BrN5O2S/c1-3-19-5-8(12(21)17-18-13(15)22)10(20)7-4-9(14)6(2)16-11(7)19/h4-5H,3H2,1-2H3,(H,17,21)(H3,15,18,22). The summed E-state index contributed by atoms with van der Waals surface area (Å²) in [5, 5.41) is 0.271. The van der Waals surface area contributed by atoms with Crippen molar-refractivity contribution >= 4 is 50.2 Å². The first kappa shape index (κ1) is 16.4. The van der Waals surface area contributed by atoms with Gasteiger partial charge in [0, 0.05) is 17.2 Å². The largest absolute Gasteiger partial charge is 0.375 e. The van der Waals surface area contributed by atoms with Crippen molar-refractivity contribution in [3.8, 4) is 0 Å². The second-order valence-electron chi connectivity index (χ2n) is 4.53. The van der Waals surface area contributed by atoms with Crippen LogP contribution in [0.2, 0.25) is 0 Å². The summed E-state index contributed by atoms with van der Waals surface area (Å²) in [6, 6.07) is 1.67. The van der Waals surface area contributed by atoms with Crippen LogP contribution in [0.25, 0.3) is 11.0 Å². The summed E-state index contributed by atoms with van der Waals surface area (Å²) >= 11 is 7.96. The van der Waals surface area contributed by atoms with Crippen molar-refractivity contribution in [1.82, 2.24) is 20.4 Å². The van der Waals surface area contributed by atoms with Crippen LogP contribution >= 0.6 is 28.1 Å². The van der Waals surface area contributed by atoms with E-state index < -0.39 is 11.3 Å². The van der Waals surface area contributed by atoms with E-state index in [1.165, 1.54) is 6.20 Å². The average molecular weight is 384 g/mol. The lowest BCUT2D eigenvalue weighted by atomic mass is 10.1. The molecule has 0 saturated heterocycles. The highest BCUT2D eigenvalue weighted by Gasteiger charge is 2.17. The molecule has 2 rings (SSSR count). The first-order valence-corrected chi connectivity index (χ1v) is 7.61. The molecule has 0 saturated carbocycles. The number of hydrazine groups is 1. The zero-order valence-corrected chi connectivity index (χ0v) is 14.3. The molecule has 0 aromatic carbocycles. The number of carbonyl (C=O) groups excluding carboxylic acids is 1. The molecule has 9 heteroatoms. The summed E-state index contributed by atoms with van der Waals surface area (Å²) in [5.74, 6) is -0.612. The molecule has 0 aliphatic rings. The Kier molecular flexibility index (Phi) is 4.77. The first-order valence-electron chi connectivity index (χ1n) is 6.41. The number of thiocarbonyl (C=S) groups is 1. The third-order valence-corrected chi connectivity index (χ3v) is 3.97. The molecule has 22 heavy (non-hydrogen) atoms. The molecule has 2 aromatic rings. The average Bonchev–Trinajstić information content (AvgIpc) is 2.47. The molecule has 7 nitrogen and oxygen atoms in total. The van der Waals surface area contributed by atoms with Crippen molar-refractivity contribution in [3.63, 3.8) is 0 Å². The zero-order valence-electron chi connectivity index (χ0n) is 11.9. The number of nitrogens with one attached hydrogen (secondary N) is 2. The van der Waals surface area contributed by atoms with Crippen LogP contribution in [0.3, 0.4) is 0 Å². The van der Waals surface area contributed by atoms with Crippen molar-refractivity contribution in [2.75, 3.05) is 0 Å². The highest BCUT2D eigenvalue weighted by Crippen LogP contribution is 2.19. The first-order chi connectivity index (χ1) is 10.3. The quantitative estimate of drug-likeness (QED) is 0.527. The van der Waals surface area contributed by atoms with Gasteiger partial charge in [-0.25, -0.2) is 4.98 Å². The minimum Gasteiger partial charge on any atom is -0.375 e. The summed E-state index contributed by atoms with van der Waals surface area (Å²) in [4.78, 5) is 29.0. The lowest BCUT2D eigenvalue weighted by Gasteiger charge is -2.12. The van der Waals surface area contributed by atoms with Crippen molar-refractivity contribution in [1.29, 1.82) is 0 Å². The van der Waals surface area contributed by atoms with Crippen LogP contribution in [0, 0.1) is 6.92 Å². The van der Waals surface area contributed by atoms with Crippen molar-refractivity contribution < 1.29 is 4.79 Å². The fourth-order valence-electron chi connectivity index (χ4n) is 1.96. The third kappa shape index (κ3) is 3.09. The number of nitrogens with two attached hydrogens (primary N) is 1. The van der Waals surface area contributed by atoms with E-state index in [9.17, 15) is 9.59 Å². The Morgan fingerprint density at radius 1 is 1.50 bits per heavy atom. The number of aromatic nitrogens is 2. The van der Waals surface area contributed by atoms with Crippen LogP contribution in [0.1, 0.15) is 23.0 Å². The second-order valence-corrected chi connectivity index (χ2v) is 5.82. The Morgan fingerprint density at radius 2 is 2.18 bits per heavy atom. The number of fused-ring (bicyclic) bond motifs is 1. The summed E-state index contributed by atoms with van der Waals surface area (Å²) < 4.78 is 2.45. The van der Waals surface area contributed by atoms with E-state index in [2.05, 4.69) is 44.0 Å². The number of pyridine rings is 2. The Morgan fingerprint density at radius 3 is 2.77 bits per heavy atom. The normalized spacial score (nSPS) is 10.5. The van der Waals surface area contributed by atoms with E-state index in [-0.39, 0.29) is 10.7 Å². The minimum atomic E-state index is -0.612. The minimum absolute atomic E-state index is 0.0179. The molecular weight excluding hydrogens is 370 g/mol. The van der Waals surface area contributed by atoms with Crippen LogP contribution in [0.15, 0.2) is 21.5 Å². The topological polar surface area (TPSA) is 102 Å². The van der Waals surface area contributed by atoms with Gasteiger partial charge in [-0.15, -0.1) is 0 Å². The van der Waals surface area contributed by atoms with Crippen LogP contribution in [-0.4, -0.2) is 20.6 Å². The van der Waals surface area contributed by atoms with Crippen molar-refractivity contribution in [3.05, 3.63) is 38.2 Å². The van der Waals surface area contributed by atoms with Crippen molar-refractivity contribution in [2.45, 2.75) is 20.4 Å². The molecule has 2 aromatic heterocycles. The second kappa shape index (κ2) is 6.41. The van der Waals surface area contributed by atoms with Gasteiger partial charge in [-0.3, -0.25) is 20.4 Å². The lowest BCUT2D eigenvalue weighted by molar-refractivity contribution is 0.0942. The van der Waals surface area contributed by atoms with Gasteiger partial charge in [-0.2, -0.15) is 0 Å². The van der Waals surface area contributed by atoms with E-state index in [4.69, 9.17) is 5.73 Å². The summed E-state index contributed by atoms with van der Waals surface area (Å²) in [7, 11) is 0. The number of rotatable bonds is 2. The maximum Gasteiger partial charge on any atom is 0.275 e. The number of halogens is 1. The van der Waals surface area contributed by atoms with Gasteiger partial charge < -0.3 is 10.3 Å². The number of hydrogen-bond acceptors (Lipinski definition) is 4. The molecule has 116 valence electrons. The van der Waals surface area contributed by atoms with Gasteiger partial charge in [0.1, 0.15) is 11.2 Å². The van der Waals surface area contributed by atoms with Gasteiger partial charge >= 0.3 is 0 Å². The van der Waals surface area contributed by atoms with E-state index >= 15 is 0 Å². The van der Waals surface area contributed by atoms with Gasteiger partial charge in [-0.05, 0) is 48.1 Å². The van der Waals surface area contributed by atoms with Crippen LogP contribution in [0.4, 0.5) is 0 Å². The number of amides is 1. The highest BCUT2D eigenvalue weighted by molar-refractivity contribution is 9.10. The molecule has 0 atom stereocenters.